The zero-order valence-electron chi connectivity index (χ0n) is 10.1. The second-order valence-electron chi connectivity index (χ2n) is 4.48. The van der Waals surface area contributed by atoms with Crippen molar-refractivity contribution in [1.82, 2.24) is 4.90 Å². The van der Waals surface area contributed by atoms with E-state index >= 15 is 0 Å². The first-order valence-electron chi connectivity index (χ1n) is 6.05. The van der Waals surface area contributed by atoms with Gasteiger partial charge in [-0.25, -0.2) is 0 Å². The van der Waals surface area contributed by atoms with Crippen molar-refractivity contribution in [2.75, 3.05) is 26.2 Å². The van der Waals surface area contributed by atoms with Crippen LogP contribution in [0.3, 0.4) is 0 Å². The van der Waals surface area contributed by atoms with Crippen LogP contribution in [0.4, 0.5) is 0 Å². The molecule has 0 spiro atoms. The van der Waals surface area contributed by atoms with E-state index in [1.807, 2.05) is 4.90 Å². The van der Waals surface area contributed by atoms with Crippen molar-refractivity contribution in [3.8, 4) is 5.75 Å². The van der Waals surface area contributed by atoms with Gasteiger partial charge in [0.2, 0.25) is 0 Å². The van der Waals surface area contributed by atoms with E-state index < -0.39 is 0 Å². The fraction of sp³-hybridized carbons (Fsp3) is 0.462. The van der Waals surface area contributed by atoms with Crippen LogP contribution in [0.25, 0.3) is 0 Å². The van der Waals surface area contributed by atoms with Crippen LogP contribution in [-0.4, -0.2) is 37.0 Å². The summed E-state index contributed by atoms with van der Waals surface area (Å²) in [7, 11) is 0. The second kappa shape index (κ2) is 6.07. The summed E-state index contributed by atoms with van der Waals surface area (Å²) in [5.41, 5.74) is 5.59. The summed E-state index contributed by atoms with van der Waals surface area (Å²) in [5.74, 6) is 1.05. The molecule has 1 heterocycles. The molecule has 4 nitrogen and oxygen atoms in total. The summed E-state index contributed by atoms with van der Waals surface area (Å²) in [5, 5.41) is 0.601. The van der Waals surface area contributed by atoms with Gasteiger partial charge in [-0.05, 0) is 37.1 Å². The van der Waals surface area contributed by atoms with Gasteiger partial charge in [-0.3, -0.25) is 4.79 Å². The lowest BCUT2D eigenvalue weighted by Gasteiger charge is -2.16. The zero-order valence-corrected chi connectivity index (χ0v) is 10.9. The van der Waals surface area contributed by atoms with Gasteiger partial charge in [0, 0.05) is 18.1 Å². The Morgan fingerprint density at radius 1 is 1.56 bits per heavy atom. The monoisotopic (exact) mass is 268 g/mol. The highest BCUT2D eigenvalue weighted by molar-refractivity contribution is 6.30. The van der Waals surface area contributed by atoms with Gasteiger partial charge in [-0.1, -0.05) is 17.7 Å². The quantitative estimate of drug-likeness (QED) is 0.901. The van der Waals surface area contributed by atoms with Crippen LogP contribution >= 0.6 is 11.6 Å². The van der Waals surface area contributed by atoms with E-state index in [4.69, 9.17) is 22.1 Å². The fourth-order valence-corrected chi connectivity index (χ4v) is 2.22. The first-order valence-corrected chi connectivity index (χ1v) is 6.43. The number of hydrogen-bond acceptors (Lipinski definition) is 3. The highest BCUT2D eigenvalue weighted by Gasteiger charge is 2.25. The van der Waals surface area contributed by atoms with Crippen molar-refractivity contribution in [3.05, 3.63) is 29.3 Å². The smallest absolute Gasteiger partial charge is 0.260 e. The maximum atomic E-state index is 11.9. The van der Waals surface area contributed by atoms with Crippen LogP contribution in [0.2, 0.25) is 5.02 Å². The third kappa shape index (κ3) is 3.37. The third-order valence-corrected chi connectivity index (χ3v) is 3.37. The average Bonchev–Trinajstić information content (AvgIpc) is 2.85. The standard InChI is InChI=1S/C13H17ClN2O2/c14-11-2-1-3-12(6-11)18-9-13(17)16-5-4-10(7-15)8-16/h1-3,6,10H,4-5,7-9,15H2. The SMILES string of the molecule is NCC1CCN(C(=O)COc2cccc(Cl)c2)C1. The maximum Gasteiger partial charge on any atom is 0.260 e. The Morgan fingerprint density at radius 3 is 3.06 bits per heavy atom. The van der Waals surface area contributed by atoms with Gasteiger partial charge >= 0.3 is 0 Å². The van der Waals surface area contributed by atoms with E-state index in [0.717, 1.165) is 19.5 Å². The molecule has 1 saturated heterocycles. The molecular formula is C13H17ClN2O2. The van der Waals surface area contributed by atoms with Crippen LogP contribution < -0.4 is 10.5 Å². The van der Waals surface area contributed by atoms with Crippen LogP contribution in [-0.2, 0) is 4.79 Å². The molecule has 1 aromatic rings. The van der Waals surface area contributed by atoms with Crippen LogP contribution in [0, 0.1) is 5.92 Å². The van der Waals surface area contributed by atoms with Crippen molar-refractivity contribution in [2.45, 2.75) is 6.42 Å². The molecule has 18 heavy (non-hydrogen) atoms. The van der Waals surface area contributed by atoms with E-state index in [0.29, 0.717) is 23.2 Å². The second-order valence-corrected chi connectivity index (χ2v) is 4.91. The molecule has 98 valence electrons. The Hall–Kier alpha value is -1.26. The molecule has 5 heteroatoms. The van der Waals surface area contributed by atoms with Gasteiger partial charge in [-0.2, -0.15) is 0 Å². The lowest BCUT2D eigenvalue weighted by Crippen LogP contribution is -2.33. The predicted molar refractivity (Wildman–Crippen MR) is 70.7 cm³/mol. The number of halogens is 1. The molecule has 1 aliphatic heterocycles. The summed E-state index contributed by atoms with van der Waals surface area (Å²) < 4.78 is 5.42. The van der Waals surface area contributed by atoms with Gasteiger partial charge in [0.1, 0.15) is 5.75 Å². The maximum absolute atomic E-state index is 11.9. The molecule has 0 aliphatic carbocycles. The summed E-state index contributed by atoms with van der Waals surface area (Å²) in [6.07, 6.45) is 0.986. The van der Waals surface area contributed by atoms with Gasteiger partial charge in [0.15, 0.2) is 6.61 Å². The molecule has 2 N–H and O–H groups in total. The van der Waals surface area contributed by atoms with Gasteiger partial charge in [0.05, 0.1) is 0 Å². The molecule has 1 atom stereocenters. The average molecular weight is 269 g/mol. The molecule has 1 unspecified atom stereocenters. The van der Waals surface area contributed by atoms with Crippen molar-refractivity contribution in [1.29, 1.82) is 0 Å². The van der Waals surface area contributed by atoms with Crippen molar-refractivity contribution in [2.24, 2.45) is 11.7 Å². The lowest BCUT2D eigenvalue weighted by atomic mass is 10.1. The summed E-state index contributed by atoms with van der Waals surface area (Å²) in [6, 6.07) is 7.04. The van der Waals surface area contributed by atoms with E-state index in [2.05, 4.69) is 0 Å². The van der Waals surface area contributed by atoms with Crippen LogP contribution in [0.5, 0.6) is 5.75 Å². The van der Waals surface area contributed by atoms with Gasteiger partial charge in [0.25, 0.3) is 5.91 Å². The zero-order chi connectivity index (χ0) is 13.0. The van der Waals surface area contributed by atoms with E-state index in [9.17, 15) is 4.79 Å². The van der Waals surface area contributed by atoms with Crippen molar-refractivity contribution >= 4 is 17.5 Å². The molecule has 2 rings (SSSR count). The minimum atomic E-state index is 0.00549. The number of carbonyl (C=O) groups excluding carboxylic acids is 1. The largest absolute Gasteiger partial charge is 0.484 e. The fourth-order valence-electron chi connectivity index (χ4n) is 2.04. The molecule has 1 fully saturated rings. The number of ether oxygens (including phenoxy) is 1. The Labute approximate surface area is 112 Å². The van der Waals surface area contributed by atoms with Gasteiger partial charge < -0.3 is 15.4 Å². The minimum Gasteiger partial charge on any atom is -0.484 e. The highest BCUT2D eigenvalue weighted by atomic mass is 35.5. The topological polar surface area (TPSA) is 55.6 Å². The Bertz CT molecular complexity index is 425. The highest BCUT2D eigenvalue weighted by Crippen LogP contribution is 2.18. The molecular weight excluding hydrogens is 252 g/mol. The molecule has 1 aliphatic rings. The predicted octanol–water partition coefficient (Wildman–Crippen LogP) is 1.53. The van der Waals surface area contributed by atoms with Crippen molar-refractivity contribution in [3.63, 3.8) is 0 Å². The first kappa shape index (κ1) is 13.2. The number of rotatable bonds is 4. The Morgan fingerprint density at radius 2 is 2.39 bits per heavy atom. The molecule has 1 amide bonds. The van der Waals surface area contributed by atoms with Crippen molar-refractivity contribution < 1.29 is 9.53 Å². The van der Waals surface area contributed by atoms with Crippen LogP contribution in [0.15, 0.2) is 24.3 Å². The summed E-state index contributed by atoms with van der Waals surface area (Å²) >= 11 is 5.84. The molecule has 0 saturated carbocycles. The van der Waals surface area contributed by atoms with Crippen LogP contribution in [0.1, 0.15) is 6.42 Å². The normalized spacial score (nSPS) is 19.0. The first-order chi connectivity index (χ1) is 8.69. The number of likely N-dealkylation sites (tertiary alicyclic amines) is 1. The van der Waals surface area contributed by atoms with Gasteiger partial charge in [-0.15, -0.1) is 0 Å². The van der Waals surface area contributed by atoms with E-state index in [1.165, 1.54) is 0 Å². The van der Waals surface area contributed by atoms with E-state index in [-0.39, 0.29) is 12.5 Å². The number of carbonyl (C=O) groups is 1. The molecule has 1 aromatic carbocycles. The van der Waals surface area contributed by atoms with E-state index in [1.54, 1.807) is 24.3 Å². The third-order valence-electron chi connectivity index (χ3n) is 3.13. The summed E-state index contributed by atoms with van der Waals surface area (Å²) in [4.78, 5) is 13.7. The molecule has 0 radical (unpaired) electrons. The number of nitrogens with zero attached hydrogens (tertiary/aromatic N) is 1. The minimum absolute atomic E-state index is 0.00549. The Balaban J connectivity index is 1.82. The number of benzene rings is 1. The Kier molecular flexibility index (Phi) is 4.44. The lowest BCUT2D eigenvalue weighted by molar-refractivity contribution is -0.132. The number of hydrogen-bond donors (Lipinski definition) is 1. The number of nitrogens with two attached hydrogens (primary N) is 1. The summed E-state index contributed by atoms with van der Waals surface area (Å²) in [6.45, 7) is 2.21. The number of amides is 1. The molecule has 0 bridgehead atoms. The molecule has 0 aromatic heterocycles.